The topological polar surface area (TPSA) is 45.8 Å². The van der Waals surface area contributed by atoms with E-state index in [1.54, 1.807) is 6.20 Å². The summed E-state index contributed by atoms with van der Waals surface area (Å²) in [5.74, 6) is 0. The summed E-state index contributed by atoms with van der Waals surface area (Å²) in [5.41, 5.74) is 1.01. The largest absolute Gasteiger partial charge is 0.326 e. The average Bonchev–Trinajstić information content (AvgIpc) is 2.36. The molecular weight excluding hydrogens is 224 g/mol. The molecule has 1 aromatic rings. The zero-order valence-electron chi connectivity index (χ0n) is 12.0. The Hall–Kier alpha value is -1.12. The third-order valence-corrected chi connectivity index (χ3v) is 3.67. The van der Waals surface area contributed by atoms with Gasteiger partial charge in [-0.05, 0) is 12.8 Å². The van der Waals surface area contributed by atoms with Crippen molar-refractivity contribution in [2.24, 2.45) is 0 Å². The third kappa shape index (κ3) is 4.28. The fraction of sp³-hybridized carbons (Fsp3) is 0.733. The number of hydrogen-bond acceptors (Lipinski definition) is 2. The van der Waals surface area contributed by atoms with Crippen molar-refractivity contribution in [2.75, 3.05) is 0 Å². The zero-order chi connectivity index (χ0) is 13.4. The molecule has 102 valence electrons. The van der Waals surface area contributed by atoms with Crippen LogP contribution in [0.1, 0.15) is 71.4 Å². The lowest BCUT2D eigenvalue weighted by atomic mass is 9.78. The van der Waals surface area contributed by atoms with Gasteiger partial charge in [0, 0.05) is 11.6 Å². The number of nitrogens with one attached hydrogen (secondary N) is 1. The van der Waals surface area contributed by atoms with Gasteiger partial charge >= 0.3 is 0 Å². The van der Waals surface area contributed by atoms with Crippen LogP contribution >= 0.6 is 0 Å². The van der Waals surface area contributed by atoms with E-state index in [9.17, 15) is 4.79 Å². The molecule has 0 aliphatic carbocycles. The lowest BCUT2D eigenvalue weighted by Gasteiger charge is -2.28. The number of hydrogen-bond donors (Lipinski definition) is 1. The fourth-order valence-corrected chi connectivity index (χ4v) is 2.55. The second kappa shape index (κ2) is 7.34. The Morgan fingerprint density at radius 3 is 2.50 bits per heavy atom. The first kappa shape index (κ1) is 14.9. The normalized spacial score (nSPS) is 14.4. The van der Waals surface area contributed by atoms with Crippen LogP contribution in [-0.4, -0.2) is 9.97 Å². The maximum Gasteiger partial charge on any atom is 0.266 e. The van der Waals surface area contributed by atoms with Gasteiger partial charge in [-0.1, -0.05) is 52.9 Å². The van der Waals surface area contributed by atoms with Crippen LogP contribution in [0, 0.1) is 0 Å². The molecule has 3 heteroatoms. The van der Waals surface area contributed by atoms with Crippen LogP contribution in [0.15, 0.2) is 17.2 Å². The maximum atomic E-state index is 11.1. The molecule has 0 saturated heterocycles. The summed E-state index contributed by atoms with van der Waals surface area (Å²) in [7, 11) is 0. The predicted octanol–water partition coefficient (Wildman–Crippen LogP) is 3.80. The lowest BCUT2D eigenvalue weighted by molar-refractivity contribution is 0.366. The second-order valence-electron chi connectivity index (χ2n) is 5.42. The number of aromatic nitrogens is 2. The molecule has 1 atom stereocenters. The van der Waals surface area contributed by atoms with Crippen molar-refractivity contribution >= 4 is 0 Å². The van der Waals surface area contributed by atoms with Crippen LogP contribution in [0.3, 0.4) is 0 Å². The first-order valence-corrected chi connectivity index (χ1v) is 7.17. The summed E-state index contributed by atoms with van der Waals surface area (Å²) in [6.07, 6.45) is 11.7. The Bertz CT molecular complexity index is 379. The molecule has 1 unspecified atom stereocenters. The average molecular weight is 250 g/mol. The van der Waals surface area contributed by atoms with Crippen LogP contribution in [0.25, 0.3) is 0 Å². The Balaban J connectivity index is 2.72. The standard InChI is InChI=1S/C15H26N2O/c1-4-6-7-8-10-15(3,9-5-2)13-11-17-14(18)12-16-13/h11-12H,4-10H2,1-3H3,(H,17,18). The number of H-pyrrole nitrogens is 1. The highest BCUT2D eigenvalue weighted by atomic mass is 16.1. The van der Waals surface area contributed by atoms with Crippen molar-refractivity contribution in [2.45, 2.75) is 71.1 Å². The van der Waals surface area contributed by atoms with E-state index >= 15 is 0 Å². The minimum absolute atomic E-state index is 0.104. The quantitative estimate of drug-likeness (QED) is 0.713. The van der Waals surface area contributed by atoms with Crippen molar-refractivity contribution in [1.82, 2.24) is 9.97 Å². The minimum Gasteiger partial charge on any atom is -0.326 e. The minimum atomic E-state index is -0.122. The smallest absolute Gasteiger partial charge is 0.266 e. The van der Waals surface area contributed by atoms with Crippen molar-refractivity contribution in [3.05, 3.63) is 28.4 Å². The van der Waals surface area contributed by atoms with Gasteiger partial charge in [-0.15, -0.1) is 0 Å². The molecule has 18 heavy (non-hydrogen) atoms. The number of aromatic amines is 1. The summed E-state index contributed by atoms with van der Waals surface area (Å²) >= 11 is 0. The highest BCUT2D eigenvalue weighted by Gasteiger charge is 2.26. The lowest BCUT2D eigenvalue weighted by Crippen LogP contribution is -2.25. The van der Waals surface area contributed by atoms with Gasteiger partial charge in [0.1, 0.15) is 0 Å². The summed E-state index contributed by atoms with van der Waals surface area (Å²) in [6, 6.07) is 0. The van der Waals surface area contributed by atoms with E-state index in [2.05, 4.69) is 30.7 Å². The molecule has 0 amide bonds. The molecule has 0 fully saturated rings. The van der Waals surface area contributed by atoms with Gasteiger partial charge in [-0.25, -0.2) is 0 Å². The highest BCUT2D eigenvalue weighted by Crippen LogP contribution is 2.32. The van der Waals surface area contributed by atoms with Crippen LogP contribution < -0.4 is 5.56 Å². The van der Waals surface area contributed by atoms with Gasteiger partial charge in [0.2, 0.25) is 0 Å². The van der Waals surface area contributed by atoms with Gasteiger partial charge in [0.15, 0.2) is 0 Å². The van der Waals surface area contributed by atoms with Crippen LogP contribution in [-0.2, 0) is 5.41 Å². The van der Waals surface area contributed by atoms with E-state index in [-0.39, 0.29) is 11.0 Å². The molecular formula is C15H26N2O. The Kier molecular flexibility index (Phi) is 6.10. The molecule has 0 bridgehead atoms. The maximum absolute atomic E-state index is 11.1. The second-order valence-corrected chi connectivity index (χ2v) is 5.42. The predicted molar refractivity (Wildman–Crippen MR) is 75.9 cm³/mol. The van der Waals surface area contributed by atoms with E-state index in [4.69, 9.17) is 0 Å². The SMILES string of the molecule is CCCCCCC(C)(CCC)c1c[nH]c(=O)cn1. The van der Waals surface area contributed by atoms with Crippen molar-refractivity contribution in [3.8, 4) is 0 Å². The van der Waals surface area contributed by atoms with E-state index < -0.39 is 0 Å². The molecule has 0 aliphatic rings. The molecule has 0 aliphatic heterocycles. The van der Waals surface area contributed by atoms with Crippen LogP contribution in [0.4, 0.5) is 0 Å². The Labute approximate surface area is 110 Å². The summed E-state index contributed by atoms with van der Waals surface area (Å²) < 4.78 is 0. The Morgan fingerprint density at radius 2 is 1.94 bits per heavy atom. The molecule has 1 aromatic heterocycles. The van der Waals surface area contributed by atoms with Gasteiger partial charge < -0.3 is 4.98 Å². The molecule has 0 spiro atoms. The highest BCUT2D eigenvalue weighted by molar-refractivity contribution is 5.11. The third-order valence-electron chi connectivity index (χ3n) is 3.67. The van der Waals surface area contributed by atoms with Gasteiger partial charge in [0.25, 0.3) is 5.56 Å². The first-order valence-electron chi connectivity index (χ1n) is 7.17. The van der Waals surface area contributed by atoms with E-state index in [1.165, 1.54) is 31.9 Å². The van der Waals surface area contributed by atoms with Gasteiger partial charge in [-0.3, -0.25) is 9.78 Å². The summed E-state index contributed by atoms with van der Waals surface area (Å²) in [5, 5.41) is 0. The van der Waals surface area contributed by atoms with Crippen molar-refractivity contribution in [3.63, 3.8) is 0 Å². The van der Waals surface area contributed by atoms with E-state index in [0.29, 0.717) is 0 Å². The van der Waals surface area contributed by atoms with Gasteiger partial charge in [0.05, 0.1) is 11.9 Å². The summed E-state index contributed by atoms with van der Waals surface area (Å²) in [4.78, 5) is 18.2. The van der Waals surface area contributed by atoms with E-state index in [1.807, 2.05) is 0 Å². The van der Waals surface area contributed by atoms with Crippen LogP contribution in [0.2, 0.25) is 0 Å². The van der Waals surface area contributed by atoms with Crippen molar-refractivity contribution < 1.29 is 0 Å². The molecule has 1 heterocycles. The molecule has 0 radical (unpaired) electrons. The van der Waals surface area contributed by atoms with E-state index in [0.717, 1.165) is 25.0 Å². The van der Waals surface area contributed by atoms with Crippen molar-refractivity contribution in [1.29, 1.82) is 0 Å². The molecule has 0 aromatic carbocycles. The number of rotatable bonds is 8. The fourth-order valence-electron chi connectivity index (χ4n) is 2.55. The van der Waals surface area contributed by atoms with Gasteiger partial charge in [-0.2, -0.15) is 0 Å². The zero-order valence-corrected chi connectivity index (χ0v) is 12.0. The number of nitrogens with zero attached hydrogens (tertiary/aromatic N) is 1. The molecule has 1 N–H and O–H groups in total. The molecule has 3 nitrogen and oxygen atoms in total. The molecule has 1 rings (SSSR count). The summed E-state index contributed by atoms with van der Waals surface area (Å²) in [6.45, 7) is 6.70. The van der Waals surface area contributed by atoms with Crippen LogP contribution in [0.5, 0.6) is 0 Å². The first-order chi connectivity index (χ1) is 8.62. The Morgan fingerprint density at radius 1 is 1.17 bits per heavy atom. The molecule has 0 saturated carbocycles. The number of unbranched alkanes of at least 4 members (excludes halogenated alkanes) is 3. The monoisotopic (exact) mass is 250 g/mol.